The van der Waals surface area contributed by atoms with Crippen molar-refractivity contribution in [1.29, 1.82) is 0 Å². The maximum atomic E-state index is 13.1. The predicted molar refractivity (Wildman–Crippen MR) is 220 cm³/mol. The molecule has 2 rings (SSSR count). The number of thioether (sulfide) groups is 1. The molecular formula is C41H60Cl2F3NO8S. The van der Waals surface area contributed by atoms with E-state index in [1.54, 1.807) is 12.1 Å². The summed E-state index contributed by atoms with van der Waals surface area (Å²) in [5.74, 6) is -3.95. The van der Waals surface area contributed by atoms with Gasteiger partial charge in [-0.3, -0.25) is 9.59 Å². The van der Waals surface area contributed by atoms with Crippen molar-refractivity contribution in [1.82, 2.24) is 0 Å². The van der Waals surface area contributed by atoms with Crippen molar-refractivity contribution in [3.63, 3.8) is 0 Å². The standard InChI is InChI=1S/C38H57NO6S.C2HF3O2.CH2Cl2/c1-4-5-6-7-8-9-10-11-12-13-14-15-16-17-18-19-28-45-33-24-20-31(21-25-33)22-27-36(40)39(30-37(41)42)32-23-26-35(46-3)34(29-32)38(43)44-2;3-2(4,5)1(6)7;2-1-3/h20-21,23-26,29H,4-19,22,27-28,30H2,1-3H3,(H,41,42);(H,6,7);1H2. The van der Waals surface area contributed by atoms with Crippen molar-refractivity contribution in [3.8, 4) is 5.75 Å². The molecule has 0 bridgehead atoms. The fraction of sp³-hybridized carbons (Fsp3) is 0.610. The Morgan fingerprint density at radius 3 is 1.64 bits per heavy atom. The molecule has 318 valence electrons. The highest BCUT2D eigenvalue weighted by Gasteiger charge is 2.38. The Morgan fingerprint density at radius 2 is 1.23 bits per heavy atom. The van der Waals surface area contributed by atoms with Gasteiger partial charge in [-0.1, -0.05) is 115 Å². The van der Waals surface area contributed by atoms with Crippen molar-refractivity contribution >= 4 is 64.5 Å². The van der Waals surface area contributed by atoms with Crippen molar-refractivity contribution in [2.24, 2.45) is 0 Å². The second-order valence-electron chi connectivity index (χ2n) is 12.9. The van der Waals surface area contributed by atoms with Gasteiger partial charge in [-0.15, -0.1) is 35.0 Å². The van der Waals surface area contributed by atoms with Crippen molar-refractivity contribution < 1.29 is 52.0 Å². The number of halogens is 5. The summed E-state index contributed by atoms with van der Waals surface area (Å²) in [6.07, 6.45) is 18.9. The van der Waals surface area contributed by atoms with E-state index >= 15 is 0 Å². The van der Waals surface area contributed by atoms with Gasteiger partial charge in [-0.2, -0.15) is 13.2 Å². The third kappa shape index (κ3) is 25.9. The molecule has 0 fully saturated rings. The minimum Gasteiger partial charge on any atom is -0.494 e. The van der Waals surface area contributed by atoms with E-state index in [0.29, 0.717) is 29.2 Å². The number of carbonyl (C=O) groups excluding carboxylic acids is 2. The molecule has 15 heteroatoms. The van der Waals surface area contributed by atoms with Crippen LogP contribution in [0, 0.1) is 0 Å². The molecule has 2 N–H and O–H groups in total. The maximum Gasteiger partial charge on any atom is 0.490 e. The van der Waals surface area contributed by atoms with Crippen LogP contribution in [0.25, 0.3) is 0 Å². The van der Waals surface area contributed by atoms with Gasteiger partial charge in [0.15, 0.2) is 0 Å². The summed E-state index contributed by atoms with van der Waals surface area (Å²) in [7, 11) is 1.29. The molecule has 56 heavy (non-hydrogen) atoms. The lowest BCUT2D eigenvalue weighted by atomic mass is 10.0. The largest absolute Gasteiger partial charge is 0.494 e. The lowest BCUT2D eigenvalue weighted by molar-refractivity contribution is -0.192. The van der Waals surface area contributed by atoms with E-state index in [1.807, 2.05) is 30.5 Å². The predicted octanol–water partition coefficient (Wildman–Crippen LogP) is 11.9. The van der Waals surface area contributed by atoms with E-state index in [9.17, 15) is 32.7 Å². The van der Waals surface area contributed by atoms with Gasteiger partial charge in [0.1, 0.15) is 12.3 Å². The minimum absolute atomic E-state index is 0.129. The molecular weight excluding hydrogens is 794 g/mol. The van der Waals surface area contributed by atoms with E-state index in [0.717, 1.165) is 17.7 Å². The zero-order valence-electron chi connectivity index (χ0n) is 33.0. The number of aryl methyl sites for hydroxylation is 1. The van der Waals surface area contributed by atoms with Gasteiger partial charge < -0.3 is 24.6 Å². The van der Waals surface area contributed by atoms with Crippen LogP contribution in [0.2, 0.25) is 0 Å². The SMILES string of the molecule is CCCCCCCCCCCCCCCCCCOc1ccc(CCC(=O)N(CC(=O)O)c2ccc(SC)c(C(=O)OC)c2)cc1.ClCCl.O=C(O)C(F)(F)F. The number of carboxylic acid groups (broad SMARTS) is 2. The number of hydrogen-bond donors (Lipinski definition) is 2. The third-order valence-electron chi connectivity index (χ3n) is 8.55. The quantitative estimate of drug-likeness (QED) is 0.0411. The lowest BCUT2D eigenvalue weighted by Crippen LogP contribution is -2.36. The lowest BCUT2D eigenvalue weighted by Gasteiger charge is -2.22. The summed E-state index contributed by atoms with van der Waals surface area (Å²) in [5.41, 5.74) is 1.61. The molecule has 0 saturated carbocycles. The maximum absolute atomic E-state index is 13.1. The molecule has 9 nitrogen and oxygen atoms in total. The van der Waals surface area contributed by atoms with Gasteiger partial charge in [0.2, 0.25) is 5.91 Å². The first-order chi connectivity index (χ1) is 26.7. The topological polar surface area (TPSA) is 130 Å². The average molecular weight is 855 g/mol. The van der Waals surface area contributed by atoms with Crippen LogP contribution in [0.3, 0.4) is 0 Å². The van der Waals surface area contributed by atoms with Crippen LogP contribution in [0.15, 0.2) is 47.4 Å². The fourth-order valence-electron chi connectivity index (χ4n) is 5.57. The average Bonchev–Trinajstić information content (AvgIpc) is 3.17. The molecule has 0 atom stereocenters. The number of unbranched alkanes of at least 4 members (excludes halogenated alkanes) is 15. The Labute approximate surface area is 345 Å². The Hall–Kier alpha value is -3.16. The molecule has 0 spiro atoms. The molecule has 0 heterocycles. The van der Waals surface area contributed by atoms with Crippen LogP contribution in [-0.4, -0.2) is 72.1 Å². The fourth-order valence-corrected chi connectivity index (χ4v) is 6.14. The van der Waals surface area contributed by atoms with Gasteiger partial charge in [-0.25, -0.2) is 9.59 Å². The van der Waals surface area contributed by atoms with Crippen molar-refractivity contribution in [3.05, 3.63) is 53.6 Å². The number of ether oxygens (including phenoxy) is 2. The van der Waals surface area contributed by atoms with Crippen molar-refractivity contribution in [2.45, 2.75) is 134 Å². The summed E-state index contributed by atoms with van der Waals surface area (Å²) >= 11 is 10.9. The second kappa shape index (κ2) is 32.9. The van der Waals surface area contributed by atoms with Crippen LogP contribution in [0.1, 0.15) is 132 Å². The Kier molecular flexibility index (Phi) is 31.0. The number of carbonyl (C=O) groups is 4. The molecule has 1 amide bonds. The smallest absolute Gasteiger partial charge is 0.490 e. The Bertz CT molecular complexity index is 1380. The number of alkyl halides is 5. The van der Waals surface area contributed by atoms with Crippen LogP contribution >= 0.6 is 35.0 Å². The second-order valence-corrected chi connectivity index (χ2v) is 14.6. The summed E-state index contributed by atoms with van der Waals surface area (Å²) in [6.45, 7) is 2.48. The number of anilines is 1. The Morgan fingerprint density at radius 1 is 0.768 bits per heavy atom. The van der Waals surface area contributed by atoms with Gasteiger partial charge in [0, 0.05) is 17.0 Å². The zero-order chi connectivity index (χ0) is 42.2. The summed E-state index contributed by atoms with van der Waals surface area (Å²) in [4.78, 5) is 47.7. The van der Waals surface area contributed by atoms with Gasteiger partial charge in [0.25, 0.3) is 0 Å². The van der Waals surface area contributed by atoms with Crippen LogP contribution in [0.5, 0.6) is 5.75 Å². The summed E-state index contributed by atoms with van der Waals surface area (Å²) in [6, 6.07) is 12.6. The first-order valence-corrected chi connectivity index (χ1v) is 21.5. The van der Waals surface area contributed by atoms with Crippen molar-refractivity contribution in [2.75, 3.05) is 36.8 Å². The number of carboxylic acids is 2. The highest BCUT2D eigenvalue weighted by molar-refractivity contribution is 7.98. The molecule has 0 aromatic heterocycles. The molecule has 2 aromatic rings. The van der Waals surface area contributed by atoms with Crippen LogP contribution in [-0.2, 0) is 25.5 Å². The zero-order valence-corrected chi connectivity index (χ0v) is 35.3. The number of nitrogens with zero attached hydrogens (tertiary/aromatic N) is 1. The normalized spacial score (nSPS) is 10.7. The number of esters is 1. The monoisotopic (exact) mass is 853 g/mol. The highest BCUT2D eigenvalue weighted by atomic mass is 35.5. The Balaban J connectivity index is 0.00000267. The van der Waals surface area contributed by atoms with Gasteiger partial charge >= 0.3 is 24.1 Å². The molecule has 0 unspecified atom stereocenters. The molecule has 0 aliphatic carbocycles. The minimum atomic E-state index is -5.08. The van der Waals surface area contributed by atoms with E-state index in [1.165, 1.54) is 126 Å². The highest BCUT2D eigenvalue weighted by Crippen LogP contribution is 2.27. The van der Waals surface area contributed by atoms with E-state index in [-0.39, 0.29) is 17.7 Å². The first-order valence-electron chi connectivity index (χ1n) is 19.2. The number of benzene rings is 2. The van der Waals surface area contributed by atoms with E-state index in [4.69, 9.17) is 42.6 Å². The van der Waals surface area contributed by atoms with Crippen LogP contribution < -0.4 is 9.64 Å². The van der Waals surface area contributed by atoms with Gasteiger partial charge in [-0.05, 0) is 55.0 Å². The number of methoxy groups -OCH3 is 1. The van der Waals surface area contributed by atoms with Crippen LogP contribution in [0.4, 0.5) is 18.9 Å². The number of rotatable bonds is 26. The molecule has 0 aliphatic heterocycles. The molecule has 2 aromatic carbocycles. The number of hydrogen-bond acceptors (Lipinski definition) is 7. The molecule has 0 radical (unpaired) electrons. The third-order valence-corrected chi connectivity index (χ3v) is 9.35. The van der Waals surface area contributed by atoms with E-state index in [2.05, 4.69) is 6.92 Å². The number of aliphatic carboxylic acids is 2. The van der Waals surface area contributed by atoms with Gasteiger partial charge in [0.05, 0.1) is 24.6 Å². The first kappa shape index (κ1) is 52.8. The number of amides is 1. The summed E-state index contributed by atoms with van der Waals surface area (Å²) < 4.78 is 42.5. The van der Waals surface area contributed by atoms with E-state index < -0.39 is 30.6 Å². The molecule has 0 saturated heterocycles. The summed E-state index contributed by atoms with van der Waals surface area (Å²) in [5, 5.41) is 16.8. The molecule has 0 aliphatic rings.